The van der Waals surface area contributed by atoms with Crippen molar-refractivity contribution in [3.05, 3.63) is 48.2 Å². The number of methoxy groups -OCH3 is 1. The number of pyridine rings is 1. The lowest BCUT2D eigenvalue weighted by molar-refractivity contribution is 0.407. The minimum Gasteiger partial charge on any atom is -0.497 e. The van der Waals surface area contributed by atoms with E-state index < -0.39 is 0 Å². The van der Waals surface area contributed by atoms with E-state index in [1.54, 1.807) is 31.4 Å². The van der Waals surface area contributed by atoms with E-state index in [-0.39, 0.29) is 4.99 Å². The molecule has 92 valence electrons. The van der Waals surface area contributed by atoms with Gasteiger partial charge < -0.3 is 15.2 Å². The number of aromatic nitrogens is 1. The second-order valence-electron chi connectivity index (χ2n) is 3.51. The van der Waals surface area contributed by atoms with Crippen LogP contribution in [0.25, 0.3) is 0 Å². The van der Waals surface area contributed by atoms with Gasteiger partial charge in [0.05, 0.1) is 7.11 Å². The van der Waals surface area contributed by atoms with Crippen LogP contribution in [0.4, 0.5) is 0 Å². The molecule has 1 aromatic carbocycles. The first-order valence-electron chi connectivity index (χ1n) is 5.28. The lowest BCUT2D eigenvalue weighted by Crippen LogP contribution is -2.11. The maximum atomic E-state index is 5.61. The number of hydrogen-bond acceptors (Lipinski definition) is 4. The molecule has 0 aliphatic rings. The molecule has 0 bridgehead atoms. The van der Waals surface area contributed by atoms with Gasteiger partial charge in [0.25, 0.3) is 0 Å². The quantitative estimate of drug-likeness (QED) is 0.856. The van der Waals surface area contributed by atoms with Crippen LogP contribution in [-0.4, -0.2) is 17.1 Å². The van der Waals surface area contributed by atoms with E-state index in [0.717, 1.165) is 5.75 Å². The molecule has 0 atom stereocenters. The molecule has 0 saturated heterocycles. The van der Waals surface area contributed by atoms with Gasteiger partial charge in [0.15, 0.2) is 0 Å². The third kappa shape index (κ3) is 2.95. The molecule has 0 radical (unpaired) electrons. The van der Waals surface area contributed by atoms with E-state index in [1.807, 2.05) is 18.2 Å². The molecule has 1 aromatic heterocycles. The number of thiocarbonyl (C=S) groups is 1. The van der Waals surface area contributed by atoms with Gasteiger partial charge in [-0.25, -0.2) is 4.98 Å². The van der Waals surface area contributed by atoms with Gasteiger partial charge in [0.1, 0.15) is 22.2 Å². The van der Waals surface area contributed by atoms with E-state index in [1.165, 1.54) is 0 Å². The highest BCUT2D eigenvalue weighted by molar-refractivity contribution is 7.80. The van der Waals surface area contributed by atoms with E-state index in [4.69, 9.17) is 27.4 Å². The van der Waals surface area contributed by atoms with Crippen LogP contribution in [0.15, 0.2) is 42.5 Å². The summed E-state index contributed by atoms with van der Waals surface area (Å²) in [5.41, 5.74) is 6.05. The number of nitrogens with two attached hydrogens (primary N) is 1. The topological polar surface area (TPSA) is 57.4 Å². The molecule has 2 rings (SSSR count). The fraction of sp³-hybridized carbons (Fsp3) is 0.0769. The summed E-state index contributed by atoms with van der Waals surface area (Å²) in [5, 5.41) is 0. The number of rotatable bonds is 4. The summed E-state index contributed by atoms with van der Waals surface area (Å²) in [7, 11) is 1.60. The normalized spacial score (nSPS) is 9.83. The summed E-state index contributed by atoms with van der Waals surface area (Å²) >= 11 is 4.87. The average Bonchev–Trinajstić information content (AvgIpc) is 2.39. The van der Waals surface area contributed by atoms with Crippen LogP contribution in [0.5, 0.6) is 17.4 Å². The average molecular weight is 260 g/mol. The van der Waals surface area contributed by atoms with Gasteiger partial charge in [-0.3, -0.25) is 0 Å². The zero-order chi connectivity index (χ0) is 13.0. The van der Waals surface area contributed by atoms with Crippen LogP contribution in [0.1, 0.15) is 5.69 Å². The van der Waals surface area contributed by atoms with Crippen molar-refractivity contribution in [1.82, 2.24) is 4.98 Å². The second-order valence-corrected chi connectivity index (χ2v) is 3.95. The summed E-state index contributed by atoms with van der Waals surface area (Å²) in [4.78, 5) is 4.44. The first-order valence-corrected chi connectivity index (χ1v) is 5.68. The maximum absolute atomic E-state index is 5.61. The maximum Gasteiger partial charge on any atom is 0.219 e. The van der Waals surface area contributed by atoms with Crippen LogP contribution >= 0.6 is 12.2 Å². The Labute approximate surface area is 110 Å². The summed E-state index contributed by atoms with van der Waals surface area (Å²) in [6, 6.07) is 12.5. The van der Waals surface area contributed by atoms with Crippen LogP contribution in [0.3, 0.4) is 0 Å². The molecule has 0 unspecified atom stereocenters. The molecule has 18 heavy (non-hydrogen) atoms. The van der Waals surface area contributed by atoms with E-state index in [9.17, 15) is 0 Å². The summed E-state index contributed by atoms with van der Waals surface area (Å²) in [5.74, 6) is 1.80. The second kappa shape index (κ2) is 5.46. The van der Waals surface area contributed by atoms with Crippen molar-refractivity contribution in [1.29, 1.82) is 0 Å². The molecule has 2 aromatic rings. The zero-order valence-electron chi connectivity index (χ0n) is 9.79. The lowest BCUT2D eigenvalue weighted by Gasteiger charge is -2.07. The largest absolute Gasteiger partial charge is 0.497 e. The van der Waals surface area contributed by atoms with Crippen molar-refractivity contribution in [3.63, 3.8) is 0 Å². The molecule has 0 aliphatic heterocycles. The zero-order valence-corrected chi connectivity index (χ0v) is 10.6. The Morgan fingerprint density at radius 1 is 1.17 bits per heavy atom. The van der Waals surface area contributed by atoms with Gasteiger partial charge >= 0.3 is 0 Å². The fourth-order valence-corrected chi connectivity index (χ4v) is 1.51. The molecule has 0 aliphatic carbocycles. The van der Waals surface area contributed by atoms with Gasteiger partial charge in [-0.15, -0.1) is 0 Å². The Hall–Kier alpha value is -2.14. The molecule has 2 N–H and O–H groups in total. The van der Waals surface area contributed by atoms with Crippen LogP contribution in [0.2, 0.25) is 0 Å². The fourth-order valence-electron chi connectivity index (χ4n) is 1.39. The van der Waals surface area contributed by atoms with Gasteiger partial charge in [0.2, 0.25) is 5.88 Å². The van der Waals surface area contributed by atoms with Crippen molar-refractivity contribution in [2.24, 2.45) is 5.73 Å². The number of hydrogen-bond donors (Lipinski definition) is 1. The predicted octanol–water partition coefficient (Wildman–Crippen LogP) is 2.52. The Morgan fingerprint density at radius 3 is 2.61 bits per heavy atom. The van der Waals surface area contributed by atoms with Crippen LogP contribution < -0.4 is 15.2 Å². The van der Waals surface area contributed by atoms with Crippen LogP contribution in [0, 0.1) is 0 Å². The standard InChI is InChI=1S/C13H12N2O2S/c1-16-9-4-2-5-10(8-9)17-12-7-3-6-11(15-12)13(14)18/h2-8H,1H3,(H2,14,18). The highest BCUT2D eigenvalue weighted by Gasteiger charge is 2.03. The van der Waals surface area contributed by atoms with E-state index >= 15 is 0 Å². The Bertz CT molecular complexity index is 572. The van der Waals surface area contributed by atoms with Crippen molar-refractivity contribution < 1.29 is 9.47 Å². The highest BCUT2D eigenvalue weighted by atomic mass is 32.1. The molecular weight excluding hydrogens is 248 g/mol. The molecule has 0 fully saturated rings. The summed E-state index contributed by atoms with van der Waals surface area (Å²) in [6.45, 7) is 0. The molecule has 0 saturated carbocycles. The Kier molecular flexibility index (Phi) is 3.74. The molecular formula is C13H12N2O2S. The smallest absolute Gasteiger partial charge is 0.219 e. The SMILES string of the molecule is COc1cccc(Oc2cccc(C(N)=S)n2)c1. The minimum absolute atomic E-state index is 0.242. The monoisotopic (exact) mass is 260 g/mol. The van der Waals surface area contributed by atoms with Gasteiger partial charge in [0, 0.05) is 12.1 Å². The van der Waals surface area contributed by atoms with Gasteiger partial charge in [-0.1, -0.05) is 24.4 Å². The molecule has 4 nitrogen and oxygen atoms in total. The Morgan fingerprint density at radius 2 is 1.89 bits per heavy atom. The lowest BCUT2D eigenvalue weighted by atomic mass is 10.3. The third-order valence-electron chi connectivity index (χ3n) is 2.24. The molecule has 0 amide bonds. The van der Waals surface area contributed by atoms with Crippen molar-refractivity contribution in [3.8, 4) is 17.4 Å². The van der Waals surface area contributed by atoms with Crippen LogP contribution in [-0.2, 0) is 0 Å². The predicted molar refractivity (Wildman–Crippen MR) is 73.2 cm³/mol. The number of benzene rings is 1. The molecule has 0 spiro atoms. The first-order chi connectivity index (χ1) is 8.69. The van der Waals surface area contributed by atoms with Crippen molar-refractivity contribution >= 4 is 17.2 Å². The van der Waals surface area contributed by atoms with Gasteiger partial charge in [-0.05, 0) is 18.2 Å². The summed E-state index contributed by atoms with van der Waals surface area (Å²) in [6.07, 6.45) is 0. The third-order valence-corrected chi connectivity index (χ3v) is 2.45. The van der Waals surface area contributed by atoms with Crippen molar-refractivity contribution in [2.45, 2.75) is 0 Å². The molecule has 1 heterocycles. The van der Waals surface area contributed by atoms with E-state index in [2.05, 4.69) is 4.98 Å². The first kappa shape index (κ1) is 12.3. The summed E-state index contributed by atoms with van der Waals surface area (Å²) < 4.78 is 10.7. The number of ether oxygens (including phenoxy) is 2. The highest BCUT2D eigenvalue weighted by Crippen LogP contribution is 2.23. The minimum atomic E-state index is 0.242. The van der Waals surface area contributed by atoms with Gasteiger partial charge in [-0.2, -0.15) is 0 Å². The van der Waals surface area contributed by atoms with Crippen molar-refractivity contribution in [2.75, 3.05) is 7.11 Å². The molecule has 5 heteroatoms. The Balaban J connectivity index is 2.22. The van der Waals surface area contributed by atoms with E-state index in [0.29, 0.717) is 17.3 Å². The number of nitrogens with zero attached hydrogens (tertiary/aromatic N) is 1.